The van der Waals surface area contributed by atoms with E-state index in [1.165, 1.54) is 0 Å². The van der Waals surface area contributed by atoms with Gasteiger partial charge in [0.05, 0.1) is 23.3 Å². The summed E-state index contributed by atoms with van der Waals surface area (Å²) >= 11 is 3.35. The van der Waals surface area contributed by atoms with Crippen molar-refractivity contribution in [3.05, 3.63) is 16.9 Å². The second-order valence-corrected chi connectivity index (χ2v) is 3.74. The van der Waals surface area contributed by atoms with Crippen LogP contribution in [0.1, 0.15) is 13.0 Å². The van der Waals surface area contributed by atoms with E-state index in [0.717, 1.165) is 11.0 Å². The number of aromatic nitrogens is 2. The van der Waals surface area contributed by atoms with Gasteiger partial charge >= 0.3 is 0 Å². The summed E-state index contributed by atoms with van der Waals surface area (Å²) in [6, 6.07) is 0.319. The Kier molecular flexibility index (Phi) is 4.00. The Morgan fingerprint density at radius 2 is 2.62 bits per heavy atom. The van der Waals surface area contributed by atoms with Gasteiger partial charge in [-0.15, -0.1) is 6.42 Å². The molecule has 0 radical (unpaired) electrons. The average Bonchev–Trinajstić information content (AvgIpc) is 2.52. The van der Waals surface area contributed by atoms with Crippen molar-refractivity contribution in [1.82, 2.24) is 15.1 Å². The lowest BCUT2D eigenvalue weighted by atomic mass is 10.3. The predicted octanol–water partition coefficient (Wildman–Crippen LogP) is 1.43. The van der Waals surface area contributed by atoms with Crippen LogP contribution < -0.4 is 5.32 Å². The molecular weight excluding hydrogens is 230 g/mol. The first-order valence-corrected chi connectivity index (χ1v) is 4.87. The first kappa shape index (κ1) is 10.3. The molecule has 0 spiro atoms. The molecule has 70 valence electrons. The van der Waals surface area contributed by atoms with Crippen LogP contribution in [0, 0.1) is 12.3 Å². The molecular formula is C9H12BrN3. The van der Waals surface area contributed by atoms with E-state index in [-0.39, 0.29) is 0 Å². The maximum absolute atomic E-state index is 5.12. The highest BCUT2D eigenvalue weighted by Gasteiger charge is 2.04. The molecule has 1 atom stereocenters. The molecule has 0 amide bonds. The standard InChI is InChI=1S/C9H12BrN3/c1-3-4-11-5-8(2)13-7-9(10)6-12-13/h1,6-8,11H,4-5H2,2H3. The lowest BCUT2D eigenvalue weighted by Gasteiger charge is -2.11. The van der Waals surface area contributed by atoms with E-state index in [0.29, 0.717) is 12.6 Å². The minimum Gasteiger partial charge on any atom is -0.304 e. The SMILES string of the molecule is C#CCNCC(C)n1cc(Br)cn1. The third-order valence-electron chi connectivity index (χ3n) is 1.69. The second kappa shape index (κ2) is 5.05. The number of hydrogen-bond acceptors (Lipinski definition) is 2. The average molecular weight is 242 g/mol. The molecule has 0 saturated heterocycles. The van der Waals surface area contributed by atoms with Gasteiger partial charge in [-0.25, -0.2) is 0 Å². The Morgan fingerprint density at radius 1 is 1.85 bits per heavy atom. The summed E-state index contributed by atoms with van der Waals surface area (Å²) in [6.07, 6.45) is 8.84. The number of nitrogens with zero attached hydrogens (tertiary/aromatic N) is 2. The van der Waals surface area contributed by atoms with Crippen LogP contribution in [0.25, 0.3) is 0 Å². The monoisotopic (exact) mass is 241 g/mol. The fraction of sp³-hybridized carbons (Fsp3) is 0.444. The van der Waals surface area contributed by atoms with Crippen molar-refractivity contribution in [2.45, 2.75) is 13.0 Å². The Bertz CT molecular complexity index is 300. The first-order valence-electron chi connectivity index (χ1n) is 4.08. The molecule has 1 aromatic heterocycles. The van der Waals surface area contributed by atoms with Crippen molar-refractivity contribution in [3.63, 3.8) is 0 Å². The summed E-state index contributed by atoms with van der Waals surface area (Å²) in [5.41, 5.74) is 0. The third-order valence-corrected chi connectivity index (χ3v) is 2.10. The van der Waals surface area contributed by atoms with Gasteiger partial charge in [-0.1, -0.05) is 5.92 Å². The van der Waals surface area contributed by atoms with Crippen molar-refractivity contribution < 1.29 is 0 Å². The molecule has 4 heteroatoms. The van der Waals surface area contributed by atoms with E-state index in [1.807, 2.05) is 10.9 Å². The topological polar surface area (TPSA) is 29.9 Å². The van der Waals surface area contributed by atoms with Gasteiger partial charge in [-0.2, -0.15) is 5.10 Å². The summed E-state index contributed by atoms with van der Waals surface area (Å²) in [5, 5.41) is 7.30. The van der Waals surface area contributed by atoms with Gasteiger partial charge in [-0.05, 0) is 22.9 Å². The molecule has 13 heavy (non-hydrogen) atoms. The van der Waals surface area contributed by atoms with Crippen molar-refractivity contribution in [3.8, 4) is 12.3 Å². The molecule has 3 nitrogen and oxygen atoms in total. The van der Waals surface area contributed by atoms with Crippen molar-refractivity contribution in [1.29, 1.82) is 0 Å². The first-order chi connectivity index (χ1) is 6.24. The van der Waals surface area contributed by atoms with Crippen LogP contribution in [0.15, 0.2) is 16.9 Å². The van der Waals surface area contributed by atoms with Crippen molar-refractivity contribution in [2.24, 2.45) is 0 Å². The number of nitrogens with one attached hydrogen (secondary N) is 1. The molecule has 0 aliphatic rings. The largest absolute Gasteiger partial charge is 0.304 e. The quantitative estimate of drug-likeness (QED) is 0.639. The molecule has 1 N–H and O–H groups in total. The Hall–Kier alpha value is -0.790. The maximum atomic E-state index is 5.12. The van der Waals surface area contributed by atoms with Crippen LogP contribution in [-0.2, 0) is 0 Å². The molecule has 0 bridgehead atoms. The zero-order valence-electron chi connectivity index (χ0n) is 7.50. The van der Waals surface area contributed by atoms with Gasteiger partial charge in [0.15, 0.2) is 0 Å². The van der Waals surface area contributed by atoms with Crippen LogP contribution in [0.2, 0.25) is 0 Å². The highest BCUT2D eigenvalue weighted by molar-refractivity contribution is 9.10. The van der Waals surface area contributed by atoms with E-state index in [4.69, 9.17) is 6.42 Å². The molecule has 0 aliphatic heterocycles. The van der Waals surface area contributed by atoms with Gasteiger partial charge in [0.1, 0.15) is 0 Å². The molecule has 0 aliphatic carbocycles. The lowest BCUT2D eigenvalue weighted by Crippen LogP contribution is -2.24. The second-order valence-electron chi connectivity index (χ2n) is 2.82. The molecule has 0 saturated carbocycles. The van der Waals surface area contributed by atoms with Crippen LogP contribution in [0.3, 0.4) is 0 Å². The number of terminal acetylenes is 1. The fourth-order valence-electron chi connectivity index (χ4n) is 1.00. The Balaban J connectivity index is 2.40. The molecule has 1 aromatic rings. The molecule has 0 fully saturated rings. The van der Waals surface area contributed by atoms with E-state index in [2.05, 4.69) is 39.2 Å². The maximum Gasteiger partial charge on any atom is 0.0632 e. The minimum atomic E-state index is 0.319. The smallest absolute Gasteiger partial charge is 0.0632 e. The van der Waals surface area contributed by atoms with Crippen molar-refractivity contribution >= 4 is 15.9 Å². The summed E-state index contributed by atoms with van der Waals surface area (Å²) in [5.74, 6) is 2.53. The van der Waals surface area contributed by atoms with E-state index >= 15 is 0 Å². The Labute approximate surface area is 86.6 Å². The van der Waals surface area contributed by atoms with E-state index in [9.17, 15) is 0 Å². The van der Waals surface area contributed by atoms with Gasteiger partial charge in [-0.3, -0.25) is 4.68 Å². The third kappa shape index (κ3) is 3.21. The summed E-state index contributed by atoms with van der Waals surface area (Å²) in [7, 11) is 0. The van der Waals surface area contributed by atoms with Gasteiger partial charge in [0.25, 0.3) is 0 Å². The van der Waals surface area contributed by atoms with Crippen molar-refractivity contribution in [2.75, 3.05) is 13.1 Å². The lowest BCUT2D eigenvalue weighted by molar-refractivity contribution is 0.465. The predicted molar refractivity (Wildman–Crippen MR) is 56.3 cm³/mol. The van der Waals surface area contributed by atoms with Crippen LogP contribution in [0.5, 0.6) is 0 Å². The minimum absolute atomic E-state index is 0.319. The van der Waals surface area contributed by atoms with Gasteiger partial charge in [0.2, 0.25) is 0 Å². The molecule has 1 heterocycles. The zero-order chi connectivity index (χ0) is 9.68. The molecule has 0 aromatic carbocycles. The number of hydrogen-bond donors (Lipinski definition) is 1. The molecule has 1 rings (SSSR count). The highest BCUT2D eigenvalue weighted by atomic mass is 79.9. The summed E-state index contributed by atoms with van der Waals surface area (Å²) < 4.78 is 2.89. The van der Waals surface area contributed by atoms with Gasteiger partial charge < -0.3 is 5.32 Å². The number of halogens is 1. The fourth-order valence-corrected chi connectivity index (χ4v) is 1.30. The summed E-state index contributed by atoms with van der Waals surface area (Å²) in [4.78, 5) is 0. The van der Waals surface area contributed by atoms with Gasteiger partial charge in [0, 0.05) is 12.7 Å². The van der Waals surface area contributed by atoms with Crippen LogP contribution >= 0.6 is 15.9 Å². The normalized spacial score (nSPS) is 12.4. The highest BCUT2D eigenvalue weighted by Crippen LogP contribution is 2.10. The Morgan fingerprint density at radius 3 is 3.15 bits per heavy atom. The zero-order valence-corrected chi connectivity index (χ0v) is 9.08. The van der Waals surface area contributed by atoms with E-state index in [1.54, 1.807) is 6.20 Å². The molecule has 1 unspecified atom stereocenters. The summed E-state index contributed by atoms with van der Waals surface area (Å²) in [6.45, 7) is 3.52. The van der Waals surface area contributed by atoms with Crippen LogP contribution in [-0.4, -0.2) is 22.9 Å². The number of rotatable bonds is 4. The van der Waals surface area contributed by atoms with Crippen LogP contribution in [0.4, 0.5) is 0 Å². The van der Waals surface area contributed by atoms with E-state index < -0.39 is 0 Å².